The SMILES string of the molecule is C[Si](C)(Cc1ccccc1)[N-][Si](C)(C)Cc1ccccc1.C[Si](C)(Cc1ccccc1)[N-][Si](C)(C)Cc1ccccc1.[Cl-].[Nd+3]. The van der Waals surface area contributed by atoms with Crippen molar-refractivity contribution in [3.63, 3.8) is 0 Å². The molecule has 0 unspecified atom stereocenters. The molecule has 0 fully saturated rings. The maximum atomic E-state index is 5.41. The maximum Gasteiger partial charge on any atom is 3.00 e. The van der Waals surface area contributed by atoms with Gasteiger partial charge in [0, 0.05) is 0 Å². The van der Waals surface area contributed by atoms with Gasteiger partial charge in [-0.15, -0.1) is 0 Å². The third-order valence-corrected chi connectivity index (χ3v) is 21.9. The summed E-state index contributed by atoms with van der Waals surface area (Å²) in [4.78, 5) is 0. The number of halogens is 1. The van der Waals surface area contributed by atoms with E-state index in [9.17, 15) is 0 Å². The molecule has 4 aromatic rings. The summed E-state index contributed by atoms with van der Waals surface area (Å²) in [6, 6.07) is 47.9. The van der Waals surface area contributed by atoms with Crippen LogP contribution in [-0.2, 0) is 24.2 Å². The third-order valence-electron chi connectivity index (χ3n) is 7.13. The standard InChI is InChI=1S/2C18H26NSi2.ClH.Nd/c2*1-20(2,15-17-11-7-5-8-12-17)19-21(3,4)16-18-13-9-6-10-14-18;;/h2*5-14H,15-16H2,1-4H3;1H;/q2*-1;;+3/p-1. The van der Waals surface area contributed by atoms with Crippen molar-refractivity contribution in [3.8, 4) is 0 Å². The Hall–Kier alpha value is -0.692. The van der Waals surface area contributed by atoms with Gasteiger partial charge in [-0.3, -0.25) is 0 Å². The second-order valence-electron chi connectivity index (χ2n) is 14.1. The number of hydrogen-bond donors (Lipinski definition) is 0. The number of nitrogens with zero attached hydrogens (tertiary/aromatic N) is 2. The van der Waals surface area contributed by atoms with Crippen molar-refractivity contribution in [3.05, 3.63) is 153 Å². The first-order chi connectivity index (χ1) is 19.7. The Bertz CT molecular complexity index is 1120. The van der Waals surface area contributed by atoms with E-state index >= 15 is 0 Å². The summed E-state index contributed by atoms with van der Waals surface area (Å²) in [7, 11) is -6.19. The molecule has 0 aliphatic rings. The summed E-state index contributed by atoms with van der Waals surface area (Å²) in [5.41, 5.74) is 5.73. The van der Waals surface area contributed by atoms with Gasteiger partial charge in [0.15, 0.2) is 0 Å². The number of rotatable bonds is 12. The van der Waals surface area contributed by atoms with Gasteiger partial charge in [0.1, 0.15) is 0 Å². The molecule has 44 heavy (non-hydrogen) atoms. The Kier molecular flexibility index (Phi) is 18.0. The molecule has 1 radical (unpaired) electrons. The van der Waals surface area contributed by atoms with Gasteiger partial charge in [0.2, 0.25) is 0 Å². The van der Waals surface area contributed by atoms with E-state index in [2.05, 4.69) is 174 Å². The van der Waals surface area contributed by atoms with E-state index in [0.717, 1.165) is 24.2 Å². The minimum absolute atomic E-state index is 0. The molecule has 2 nitrogen and oxygen atoms in total. The molecule has 0 bridgehead atoms. The average Bonchev–Trinajstić information content (AvgIpc) is 2.89. The van der Waals surface area contributed by atoms with Crippen molar-refractivity contribution in [1.82, 2.24) is 0 Å². The molecule has 233 valence electrons. The predicted octanol–water partition coefficient (Wildman–Crippen LogP) is 7.67. The van der Waals surface area contributed by atoms with E-state index < -0.39 is 32.9 Å². The maximum absolute atomic E-state index is 5.41. The molecule has 0 aliphatic carbocycles. The molecule has 0 heterocycles. The van der Waals surface area contributed by atoms with E-state index in [-0.39, 0.29) is 53.2 Å². The Morgan fingerprint density at radius 3 is 0.659 bits per heavy atom. The molecule has 0 saturated heterocycles. The molecule has 0 spiro atoms. The van der Waals surface area contributed by atoms with Gasteiger partial charge in [0.05, 0.1) is 0 Å². The minimum atomic E-state index is -1.55. The van der Waals surface area contributed by atoms with E-state index in [1.807, 2.05) is 0 Å². The van der Waals surface area contributed by atoms with Crippen LogP contribution in [0.4, 0.5) is 0 Å². The van der Waals surface area contributed by atoms with Crippen LogP contribution < -0.4 is 12.4 Å². The largest absolute Gasteiger partial charge is 3.00 e. The van der Waals surface area contributed by atoms with Crippen LogP contribution in [0.15, 0.2) is 121 Å². The van der Waals surface area contributed by atoms with Gasteiger partial charge in [-0.25, -0.2) is 0 Å². The molecular formula is C36H52ClN2NdSi4. The van der Waals surface area contributed by atoms with Crippen LogP contribution in [-0.4, -0.2) is 32.9 Å². The zero-order chi connectivity index (χ0) is 30.7. The summed E-state index contributed by atoms with van der Waals surface area (Å²) < 4.78 is 10.8. The van der Waals surface area contributed by atoms with Gasteiger partial charge < -0.3 is 21.7 Å². The summed E-state index contributed by atoms with van der Waals surface area (Å²) >= 11 is 0. The van der Waals surface area contributed by atoms with Crippen LogP contribution >= 0.6 is 0 Å². The van der Waals surface area contributed by atoms with E-state index in [1.54, 1.807) is 0 Å². The fourth-order valence-corrected chi connectivity index (χ4v) is 25.5. The van der Waals surface area contributed by atoms with E-state index in [4.69, 9.17) is 9.30 Å². The Balaban J connectivity index is 0.000000421. The van der Waals surface area contributed by atoms with Gasteiger partial charge in [-0.1, -0.05) is 253 Å². The second kappa shape index (κ2) is 19.2. The quantitative estimate of drug-likeness (QED) is 0.132. The normalized spacial score (nSPS) is 11.8. The Morgan fingerprint density at radius 2 is 0.500 bits per heavy atom. The predicted molar refractivity (Wildman–Crippen MR) is 197 cm³/mol. The average molecular weight is 805 g/mol. The zero-order valence-electron chi connectivity index (χ0n) is 28.1. The van der Waals surface area contributed by atoms with Gasteiger partial charge in [-0.2, -0.15) is 0 Å². The fraction of sp³-hybridized carbons (Fsp3) is 0.333. The van der Waals surface area contributed by atoms with Gasteiger partial charge >= 0.3 is 40.8 Å². The van der Waals surface area contributed by atoms with Crippen LogP contribution in [0.5, 0.6) is 0 Å². The van der Waals surface area contributed by atoms with Crippen LogP contribution in [0, 0.1) is 40.8 Å². The Morgan fingerprint density at radius 1 is 0.341 bits per heavy atom. The summed E-state index contributed by atoms with van der Waals surface area (Å²) in [5.74, 6) is 0. The van der Waals surface area contributed by atoms with Crippen molar-refractivity contribution in [2.75, 3.05) is 0 Å². The smallest absolute Gasteiger partial charge is 1.00 e. The molecule has 8 heteroatoms. The summed E-state index contributed by atoms with van der Waals surface area (Å²) in [6.45, 7) is 19.2. The minimum Gasteiger partial charge on any atom is -1.00 e. The first-order valence-electron chi connectivity index (χ1n) is 15.4. The second-order valence-corrected chi connectivity index (χ2v) is 31.8. The first-order valence-corrected chi connectivity index (χ1v) is 28.0. The molecular weight excluding hydrogens is 752 g/mol. The van der Waals surface area contributed by atoms with Crippen molar-refractivity contribution in [1.29, 1.82) is 0 Å². The van der Waals surface area contributed by atoms with Crippen molar-refractivity contribution in [2.45, 2.75) is 76.6 Å². The monoisotopic (exact) mass is 801 g/mol. The fourth-order valence-electron chi connectivity index (χ4n) is 6.18. The molecule has 4 rings (SSSR count). The number of hydrogen-bond acceptors (Lipinski definition) is 0. The summed E-state index contributed by atoms with van der Waals surface area (Å²) in [5, 5.41) is 0. The van der Waals surface area contributed by atoms with Crippen LogP contribution in [0.25, 0.3) is 9.30 Å². The molecule has 0 aliphatic heterocycles. The first kappa shape index (κ1) is 41.3. The van der Waals surface area contributed by atoms with Crippen LogP contribution in [0.3, 0.4) is 0 Å². The number of benzene rings is 4. The van der Waals surface area contributed by atoms with Crippen LogP contribution in [0.1, 0.15) is 22.3 Å². The molecule has 0 amide bonds. The molecule has 0 aromatic heterocycles. The molecule has 0 atom stereocenters. The van der Waals surface area contributed by atoms with E-state index in [0.29, 0.717) is 0 Å². The van der Waals surface area contributed by atoms with Gasteiger partial charge in [-0.05, 0) is 0 Å². The zero-order valence-corrected chi connectivity index (χ0v) is 36.1. The van der Waals surface area contributed by atoms with Gasteiger partial charge in [0.25, 0.3) is 0 Å². The Labute approximate surface area is 312 Å². The van der Waals surface area contributed by atoms with E-state index in [1.165, 1.54) is 22.3 Å². The van der Waals surface area contributed by atoms with Crippen molar-refractivity contribution < 1.29 is 53.2 Å². The van der Waals surface area contributed by atoms with Crippen LogP contribution in [0.2, 0.25) is 52.4 Å². The van der Waals surface area contributed by atoms with Crippen molar-refractivity contribution >= 4 is 32.9 Å². The molecule has 0 N–H and O–H groups in total. The van der Waals surface area contributed by atoms with Crippen molar-refractivity contribution in [2.24, 2.45) is 0 Å². The topological polar surface area (TPSA) is 28.2 Å². The molecule has 0 saturated carbocycles. The third kappa shape index (κ3) is 16.7. The summed E-state index contributed by atoms with van der Waals surface area (Å²) in [6.07, 6.45) is 0. The molecule has 4 aromatic carbocycles.